The van der Waals surface area contributed by atoms with Crippen LogP contribution >= 0.6 is 0 Å². The van der Waals surface area contributed by atoms with Gasteiger partial charge in [-0.15, -0.1) is 0 Å². The van der Waals surface area contributed by atoms with Crippen molar-refractivity contribution in [3.8, 4) is 0 Å². The van der Waals surface area contributed by atoms with Crippen molar-refractivity contribution < 1.29 is 9.15 Å². The maximum Gasteiger partial charge on any atom is 0.192 e. The fraction of sp³-hybridized carbons (Fsp3) is 0.533. The van der Waals surface area contributed by atoms with Gasteiger partial charge in [-0.3, -0.25) is 0 Å². The fourth-order valence-electron chi connectivity index (χ4n) is 2.87. The summed E-state index contributed by atoms with van der Waals surface area (Å²) in [5.74, 6) is 1.21. The highest BCUT2D eigenvalue weighted by Gasteiger charge is 2.41. The highest BCUT2D eigenvalue weighted by Crippen LogP contribution is 2.39. The monoisotopic (exact) mass is 260 g/mol. The molecular weight excluding hydrogens is 240 g/mol. The second-order valence-corrected chi connectivity index (χ2v) is 5.73. The first kappa shape index (κ1) is 12.6. The molecule has 0 aliphatic carbocycles. The van der Waals surface area contributed by atoms with Crippen molar-refractivity contribution >= 4 is 11.1 Å². The maximum atomic E-state index is 5.76. The van der Waals surface area contributed by atoms with Gasteiger partial charge in [0.2, 0.25) is 0 Å². The topological polar surface area (TPSA) is 61.3 Å². The van der Waals surface area contributed by atoms with Crippen molar-refractivity contribution in [1.29, 1.82) is 0 Å². The van der Waals surface area contributed by atoms with Crippen LogP contribution < -0.4 is 5.73 Å². The Bertz CT molecular complexity index is 587. The summed E-state index contributed by atoms with van der Waals surface area (Å²) in [4.78, 5) is 4.34. The molecule has 1 aromatic heterocycles. The number of ether oxygens (including phenoxy) is 1. The van der Waals surface area contributed by atoms with E-state index < -0.39 is 0 Å². The number of hydrogen-bond donors (Lipinski definition) is 1. The van der Waals surface area contributed by atoms with E-state index in [0.717, 1.165) is 30.7 Å². The average molecular weight is 260 g/mol. The summed E-state index contributed by atoms with van der Waals surface area (Å²) in [6.07, 6.45) is 1.06. The highest BCUT2D eigenvalue weighted by atomic mass is 16.5. The van der Waals surface area contributed by atoms with Crippen LogP contribution in [0.3, 0.4) is 0 Å². The molecule has 0 amide bonds. The van der Waals surface area contributed by atoms with Gasteiger partial charge < -0.3 is 14.9 Å². The Balaban J connectivity index is 1.96. The molecule has 0 radical (unpaired) electrons. The number of rotatable bonds is 4. The average Bonchev–Trinajstić information content (AvgIpc) is 2.72. The summed E-state index contributed by atoms with van der Waals surface area (Å²) in [5, 5.41) is 0. The molecule has 0 bridgehead atoms. The van der Waals surface area contributed by atoms with Gasteiger partial charge in [0.1, 0.15) is 5.52 Å². The Hall–Kier alpha value is -1.39. The summed E-state index contributed by atoms with van der Waals surface area (Å²) >= 11 is 0. The molecule has 1 aliphatic rings. The summed E-state index contributed by atoms with van der Waals surface area (Å²) in [6.45, 7) is 6.33. The number of nitrogens with zero attached hydrogens (tertiary/aromatic N) is 1. The number of nitrogens with two attached hydrogens (primary N) is 1. The molecule has 1 aromatic carbocycles. The van der Waals surface area contributed by atoms with E-state index in [1.54, 1.807) is 0 Å². The lowest BCUT2D eigenvalue weighted by atomic mass is 9.72. The van der Waals surface area contributed by atoms with Crippen LogP contribution in [0, 0.1) is 12.8 Å². The van der Waals surface area contributed by atoms with Gasteiger partial charge in [0.25, 0.3) is 0 Å². The molecule has 2 aromatic rings. The largest absolute Gasteiger partial charge is 0.441 e. The Morgan fingerprint density at radius 1 is 1.42 bits per heavy atom. The summed E-state index contributed by atoms with van der Waals surface area (Å²) in [5.41, 5.74) is 8.93. The number of aromatic nitrogens is 1. The van der Waals surface area contributed by atoms with E-state index in [-0.39, 0.29) is 5.41 Å². The zero-order valence-electron chi connectivity index (χ0n) is 11.5. The molecule has 3 rings (SSSR count). The zero-order chi connectivity index (χ0) is 13.5. The van der Waals surface area contributed by atoms with E-state index in [0.29, 0.717) is 18.4 Å². The molecule has 4 nitrogen and oxygen atoms in total. The zero-order valence-corrected chi connectivity index (χ0v) is 11.5. The smallest absolute Gasteiger partial charge is 0.192 e. The van der Waals surface area contributed by atoms with Crippen LogP contribution in [0.2, 0.25) is 0 Å². The first-order chi connectivity index (χ1) is 9.13. The predicted octanol–water partition coefficient (Wildman–Crippen LogP) is 2.39. The Labute approximate surface area is 112 Å². The lowest BCUT2D eigenvalue weighted by molar-refractivity contribution is -0.0701. The van der Waals surface area contributed by atoms with E-state index in [9.17, 15) is 0 Å². The Morgan fingerprint density at radius 3 is 2.84 bits per heavy atom. The first-order valence-electron chi connectivity index (χ1n) is 6.78. The number of hydrogen-bond acceptors (Lipinski definition) is 4. The molecule has 1 atom stereocenters. The first-order valence-corrected chi connectivity index (χ1v) is 6.78. The molecule has 2 heterocycles. The molecule has 4 heteroatoms. The van der Waals surface area contributed by atoms with Gasteiger partial charge in [-0.25, -0.2) is 4.98 Å². The highest BCUT2D eigenvalue weighted by molar-refractivity contribution is 5.73. The quantitative estimate of drug-likeness (QED) is 0.917. The fourth-order valence-corrected chi connectivity index (χ4v) is 2.87. The maximum absolute atomic E-state index is 5.76. The molecule has 1 saturated heterocycles. The summed E-state index contributed by atoms with van der Waals surface area (Å²) in [6, 6.07) is 6.30. The van der Waals surface area contributed by atoms with Gasteiger partial charge in [-0.05, 0) is 36.6 Å². The van der Waals surface area contributed by atoms with Gasteiger partial charge in [0.15, 0.2) is 11.5 Å². The number of benzene rings is 1. The normalized spacial score (nSPS) is 19.3. The minimum atomic E-state index is 0.105. The van der Waals surface area contributed by atoms with E-state index in [1.807, 2.05) is 13.0 Å². The van der Waals surface area contributed by atoms with Crippen LogP contribution in [0.4, 0.5) is 0 Å². The molecule has 19 heavy (non-hydrogen) atoms. The van der Waals surface area contributed by atoms with Crippen molar-refractivity contribution in [2.45, 2.75) is 25.7 Å². The van der Waals surface area contributed by atoms with E-state index in [4.69, 9.17) is 14.9 Å². The standard InChI is InChI=1S/C15H20N2O2/c1-10(7-16)6-15(8-18-9-15)12-3-4-13-14(5-12)19-11(2)17-13/h3-5,10H,6-9,16H2,1-2H3. The Kier molecular flexibility index (Phi) is 3.07. The Morgan fingerprint density at radius 2 is 2.21 bits per heavy atom. The van der Waals surface area contributed by atoms with Crippen LogP contribution in [0.25, 0.3) is 11.1 Å². The van der Waals surface area contributed by atoms with Crippen LogP contribution in [0.1, 0.15) is 24.8 Å². The third kappa shape index (κ3) is 2.15. The van der Waals surface area contributed by atoms with Crippen LogP contribution in [0.15, 0.2) is 22.6 Å². The van der Waals surface area contributed by atoms with E-state index >= 15 is 0 Å². The second-order valence-electron chi connectivity index (χ2n) is 5.73. The lowest BCUT2D eigenvalue weighted by Crippen LogP contribution is -2.48. The van der Waals surface area contributed by atoms with Gasteiger partial charge in [-0.2, -0.15) is 0 Å². The van der Waals surface area contributed by atoms with Gasteiger partial charge in [0, 0.05) is 12.3 Å². The number of oxazole rings is 1. The molecule has 2 N–H and O–H groups in total. The second kappa shape index (κ2) is 4.62. The minimum Gasteiger partial charge on any atom is -0.441 e. The van der Waals surface area contributed by atoms with E-state index in [1.165, 1.54) is 5.56 Å². The van der Waals surface area contributed by atoms with Crippen LogP contribution in [-0.4, -0.2) is 24.7 Å². The van der Waals surface area contributed by atoms with Gasteiger partial charge in [-0.1, -0.05) is 13.0 Å². The van der Waals surface area contributed by atoms with Crippen molar-refractivity contribution in [3.63, 3.8) is 0 Å². The minimum absolute atomic E-state index is 0.105. The SMILES string of the molecule is Cc1nc2ccc(C3(CC(C)CN)COC3)cc2o1. The van der Waals surface area contributed by atoms with Crippen LogP contribution in [-0.2, 0) is 10.2 Å². The number of fused-ring (bicyclic) bond motifs is 1. The van der Waals surface area contributed by atoms with Gasteiger partial charge in [0.05, 0.1) is 13.2 Å². The molecule has 0 saturated carbocycles. The third-order valence-corrected chi connectivity index (χ3v) is 4.01. The summed E-state index contributed by atoms with van der Waals surface area (Å²) < 4.78 is 11.1. The van der Waals surface area contributed by atoms with Crippen molar-refractivity contribution in [1.82, 2.24) is 4.98 Å². The van der Waals surface area contributed by atoms with Crippen molar-refractivity contribution in [3.05, 3.63) is 29.7 Å². The van der Waals surface area contributed by atoms with Crippen molar-refractivity contribution in [2.24, 2.45) is 11.7 Å². The van der Waals surface area contributed by atoms with Gasteiger partial charge >= 0.3 is 0 Å². The van der Waals surface area contributed by atoms with E-state index in [2.05, 4.69) is 24.0 Å². The molecule has 1 unspecified atom stereocenters. The molecular formula is C15H20N2O2. The molecule has 1 fully saturated rings. The lowest BCUT2D eigenvalue weighted by Gasteiger charge is -2.43. The molecule has 0 spiro atoms. The van der Waals surface area contributed by atoms with Crippen LogP contribution in [0.5, 0.6) is 0 Å². The summed E-state index contributed by atoms with van der Waals surface area (Å²) in [7, 11) is 0. The number of aryl methyl sites for hydroxylation is 1. The molecule has 102 valence electrons. The third-order valence-electron chi connectivity index (χ3n) is 4.01. The predicted molar refractivity (Wildman–Crippen MR) is 74.1 cm³/mol. The molecule has 1 aliphatic heterocycles. The van der Waals surface area contributed by atoms with Crippen molar-refractivity contribution in [2.75, 3.05) is 19.8 Å².